The van der Waals surface area contributed by atoms with Crippen LogP contribution in [0.5, 0.6) is 0 Å². The van der Waals surface area contributed by atoms with Gasteiger partial charge in [-0.25, -0.2) is 14.6 Å². The van der Waals surface area contributed by atoms with Gasteiger partial charge in [0.2, 0.25) is 5.91 Å². The molecule has 10 nitrogen and oxygen atoms in total. The van der Waals surface area contributed by atoms with Crippen LogP contribution in [0.2, 0.25) is 5.02 Å². The molecule has 1 saturated carbocycles. The van der Waals surface area contributed by atoms with Crippen LogP contribution in [-0.4, -0.2) is 60.6 Å². The molecule has 2 fully saturated rings. The molecule has 1 saturated heterocycles. The van der Waals surface area contributed by atoms with E-state index in [1.165, 1.54) is 0 Å². The van der Waals surface area contributed by atoms with Gasteiger partial charge in [0.25, 0.3) is 5.91 Å². The van der Waals surface area contributed by atoms with E-state index in [1.54, 1.807) is 34.2 Å². The number of benzene rings is 1. The number of carbonyl (C=O) groups is 2. The average Bonchev–Trinajstić information content (AvgIpc) is 3.52. The number of aromatic amines is 1. The van der Waals surface area contributed by atoms with Gasteiger partial charge in [-0.1, -0.05) is 11.6 Å². The molecule has 1 aliphatic carbocycles. The van der Waals surface area contributed by atoms with E-state index in [0.717, 1.165) is 23.7 Å². The van der Waals surface area contributed by atoms with Crippen LogP contribution in [0.25, 0.3) is 27.9 Å². The Kier molecular flexibility index (Phi) is 5.57. The third-order valence-corrected chi connectivity index (χ3v) is 7.23. The van der Waals surface area contributed by atoms with Gasteiger partial charge in [0.1, 0.15) is 11.6 Å². The molecule has 1 aromatic carbocycles. The zero-order valence-electron chi connectivity index (χ0n) is 19.3. The van der Waals surface area contributed by atoms with E-state index in [1.807, 2.05) is 12.1 Å². The van der Waals surface area contributed by atoms with Crippen molar-refractivity contribution in [3.8, 4) is 11.9 Å². The van der Waals surface area contributed by atoms with Crippen LogP contribution in [0.3, 0.4) is 0 Å². The molecule has 182 valence electrons. The summed E-state index contributed by atoms with van der Waals surface area (Å²) in [7, 11) is 0. The summed E-state index contributed by atoms with van der Waals surface area (Å²) in [4.78, 5) is 40.5. The summed E-state index contributed by atoms with van der Waals surface area (Å²) in [6.07, 6.45) is 7.99. The van der Waals surface area contributed by atoms with E-state index in [4.69, 9.17) is 16.9 Å². The van der Waals surface area contributed by atoms with Crippen molar-refractivity contribution in [2.45, 2.75) is 31.7 Å². The van der Waals surface area contributed by atoms with Gasteiger partial charge in [0.15, 0.2) is 11.5 Å². The highest BCUT2D eigenvalue weighted by Gasteiger charge is 2.40. The monoisotopic (exact) mass is 502 g/mol. The number of halogens is 1. The fraction of sp³-hybridized carbons (Fsp3) is 0.360. The van der Waals surface area contributed by atoms with Gasteiger partial charge >= 0.3 is 0 Å². The number of nitriles is 1. The van der Waals surface area contributed by atoms with Crippen molar-refractivity contribution in [3.05, 3.63) is 47.4 Å². The number of likely N-dealkylation sites (tertiary alicyclic amines) is 1. The standard InChI is InChI=1S/C25H23ClN8O2/c26-17-3-4-19-16(9-17)11-30-34(19)20-13-29-23-22(31-20)18(12-28-23)24(35)32-21(15-1-2-15)25(36)33-7-5-14(10-27)6-8-33/h3-4,9,11-15,21H,1-2,5-8H2,(H,28,29)(H,32,35)/t21-/m1/s1. The van der Waals surface area contributed by atoms with Gasteiger partial charge in [-0.15, -0.1) is 0 Å². The molecule has 0 unspecified atom stereocenters. The Morgan fingerprint density at radius 1 is 1.19 bits per heavy atom. The van der Waals surface area contributed by atoms with Crippen molar-refractivity contribution in [2.75, 3.05) is 13.1 Å². The lowest BCUT2D eigenvalue weighted by Crippen LogP contribution is -2.51. The van der Waals surface area contributed by atoms with Gasteiger partial charge in [-0.3, -0.25) is 9.59 Å². The highest BCUT2D eigenvalue weighted by atomic mass is 35.5. The van der Waals surface area contributed by atoms with Gasteiger partial charge in [-0.2, -0.15) is 10.4 Å². The topological polar surface area (TPSA) is 133 Å². The third kappa shape index (κ3) is 4.05. The summed E-state index contributed by atoms with van der Waals surface area (Å²) in [6.45, 7) is 1.09. The molecular formula is C25H23ClN8O2. The molecule has 2 aliphatic rings. The molecular weight excluding hydrogens is 480 g/mol. The predicted octanol–water partition coefficient (Wildman–Crippen LogP) is 3.22. The van der Waals surface area contributed by atoms with Crippen molar-refractivity contribution in [3.63, 3.8) is 0 Å². The van der Waals surface area contributed by atoms with Gasteiger partial charge < -0.3 is 15.2 Å². The zero-order chi connectivity index (χ0) is 24.8. The van der Waals surface area contributed by atoms with Crippen LogP contribution in [0, 0.1) is 23.2 Å². The first-order chi connectivity index (χ1) is 17.5. The summed E-state index contributed by atoms with van der Waals surface area (Å²) >= 11 is 6.09. The molecule has 2 N–H and O–H groups in total. The molecule has 1 atom stereocenters. The van der Waals surface area contributed by atoms with Crippen LogP contribution in [-0.2, 0) is 4.79 Å². The molecule has 36 heavy (non-hydrogen) atoms. The minimum absolute atomic E-state index is 0.00843. The van der Waals surface area contributed by atoms with Gasteiger partial charge in [0.05, 0.1) is 29.5 Å². The molecule has 4 heterocycles. The Balaban J connectivity index is 1.26. The summed E-state index contributed by atoms with van der Waals surface area (Å²) in [5.74, 6) is 0.135. The van der Waals surface area contributed by atoms with Gasteiger partial charge in [-0.05, 0) is 49.8 Å². The third-order valence-electron chi connectivity index (χ3n) is 7.00. The second-order valence-electron chi connectivity index (χ2n) is 9.40. The number of carbonyl (C=O) groups excluding carboxylic acids is 2. The Bertz CT molecular complexity index is 1520. The molecule has 0 bridgehead atoms. The highest BCUT2D eigenvalue weighted by Crippen LogP contribution is 2.34. The SMILES string of the molecule is N#CC1CCN(C(=O)[C@H](NC(=O)c2c[nH]c3ncc(-n4ncc5cc(Cl)ccc54)nc23)C2CC2)CC1. The van der Waals surface area contributed by atoms with Crippen molar-refractivity contribution in [2.24, 2.45) is 11.8 Å². The predicted molar refractivity (Wildman–Crippen MR) is 132 cm³/mol. The maximum Gasteiger partial charge on any atom is 0.255 e. The van der Waals surface area contributed by atoms with Crippen molar-refractivity contribution in [1.29, 1.82) is 5.26 Å². The Labute approximate surface area is 211 Å². The number of rotatable bonds is 5. The lowest BCUT2D eigenvalue weighted by Gasteiger charge is -2.32. The molecule has 4 aromatic rings. The lowest BCUT2D eigenvalue weighted by atomic mass is 9.97. The van der Waals surface area contributed by atoms with E-state index in [2.05, 4.69) is 31.4 Å². The molecule has 6 rings (SSSR count). The fourth-order valence-electron chi connectivity index (χ4n) is 4.80. The number of H-pyrrole nitrogens is 1. The Hall–Kier alpha value is -3.97. The van der Waals surface area contributed by atoms with Crippen molar-refractivity contribution in [1.82, 2.24) is 34.9 Å². The number of nitrogens with one attached hydrogen (secondary N) is 2. The average molecular weight is 503 g/mol. The van der Waals surface area contributed by atoms with Gasteiger partial charge in [0, 0.05) is 35.6 Å². The number of amides is 2. The minimum atomic E-state index is -0.586. The fourth-order valence-corrected chi connectivity index (χ4v) is 4.98. The van der Waals surface area contributed by atoms with E-state index < -0.39 is 6.04 Å². The van der Waals surface area contributed by atoms with Crippen LogP contribution in [0.1, 0.15) is 36.0 Å². The summed E-state index contributed by atoms with van der Waals surface area (Å²) in [5, 5.41) is 18.0. The number of nitrogens with zero attached hydrogens (tertiary/aromatic N) is 6. The first-order valence-electron chi connectivity index (χ1n) is 12.0. The molecule has 1 aliphatic heterocycles. The van der Waals surface area contributed by atoms with Crippen LogP contribution < -0.4 is 5.32 Å². The van der Waals surface area contributed by atoms with E-state index in [0.29, 0.717) is 53.5 Å². The Morgan fingerprint density at radius 2 is 2.00 bits per heavy atom. The summed E-state index contributed by atoms with van der Waals surface area (Å²) < 4.78 is 1.65. The van der Waals surface area contributed by atoms with E-state index >= 15 is 0 Å². The second-order valence-corrected chi connectivity index (χ2v) is 9.84. The summed E-state index contributed by atoms with van der Waals surface area (Å²) in [6, 6.07) is 7.15. The highest BCUT2D eigenvalue weighted by molar-refractivity contribution is 6.31. The number of hydrogen-bond acceptors (Lipinski definition) is 6. The number of hydrogen-bond donors (Lipinski definition) is 2. The normalized spacial score (nSPS) is 17.3. The van der Waals surface area contributed by atoms with Crippen LogP contribution in [0.15, 0.2) is 36.8 Å². The van der Waals surface area contributed by atoms with E-state index in [9.17, 15) is 9.59 Å². The molecule has 0 radical (unpaired) electrons. The van der Waals surface area contributed by atoms with E-state index in [-0.39, 0.29) is 23.7 Å². The zero-order valence-corrected chi connectivity index (χ0v) is 20.1. The molecule has 3 aromatic heterocycles. The van der Waals surface area contributed by atoms with Crippen molar-refractivity contribution < 1.29 is 9.59 Å². The second kappa shape index (κ2) is 8.91. The van der Waals surface area contributed by atoms with Crippen LogP contribution >= 0.6 is 11.6 Å². The lowest BCUT2D eigenvalue weighted by molar-refractivity contribution is -0.135. The van der Waals surface area contributed by atoms with Crippen molar-refractivity contribution >= 4 is 45.5 Å². The first kappa shape index (κ1) is 22.5. The largest absolute Gasteiger partial charge is 0.344 e. The first-order valence-corrected chi connectivity index (χ1v) is 12.4. The molecule has 2 amide bonds. The summed E-state index contributed by atoms with van der Waals surface area (Å²) in [5.41, 5.74) is 2.00. The maximum atomic E-state index is 13.3. The van der Waals surface area contributed by atoms with Crippen LogP contribution in [0.4, 0.5) is 0 Å². The molecule has 0 spiro atoms. The number of piperidine rings is 1. The Morgan fingerprint density at radius 3 is 2.75 bits per heavy atom. The smallest absolute Gasteiger partial charge is 0.255 e. The number of aromatic nitrogens is 5. The quantitative estimate of drug-likeness (QED) is 0.430. The number of fused-ring (bicyclic) bond motifs is 2. The maximum absolute atomic E-state index is 13.3. The minimum Gasteiger partial charge on any atom is -0.344 e. The molecule has 11 heteroatoms.